The number of para-hydroxylation sites is 1. The summed E-state index contributed by atoms with van der Waals surface area (Å²) in [4.78, 5) is 16.4. The van der Waals surface area contributed by atoms with Crippen LogP contribution < -0.4 is 0 Å². The first-order valence-electron chi connectivity index (χ1n) is 5.98. The van der Waals surface area contributed by atoms with E-state index in [0.717, 1.165) is 11.0 Å². The number of furan rings is 1. The number of rotatable bonds is 4. The van der Waals surface area contributed by atoms with Gasteiger partial charge < -0.3 is 4.42 Å². The lowest BCUT2D eigenvalue weighted by Crippen LogP contribution is -2.01. The predicted octanol–water partition coefficient (Wildman–Crippen LogP) is 4.46. The summed E-state index contributed by atoms with van der Waals surface area (Å²) in [5.74, 6) is 0.280. The summed E-state index contributed by atoms with van der Waals surface area (Å²) in [7, 11) is 0. The Hall–Kier alpha value is -1.78. The van der Waals surface area contributed by atoms with Gasteiger partial charge >= 0.3 is 0 Å². The summed E-state index contributed by atoms with van der Waals surface area (Å²) in [6.07, 6.45) is 3.17. The van der Waals surface area contributed by atoms with E-state index in [-0.39, 0.29) is 11.5 Å². The maximum absolute atomic E-state index is 12.3. The van der Waals surface area contributed by atoms with Crippen molar-refractivity contribution in [3.05, 3.63) is 59.4 Å². The van der Waals surface area contributed by atoms with Crippen molar-refractivity contribution in [3.63, 3.8) is 0 Å². The number of hydrogen-bond acceptors (Lipinski definition) is 4. The van der Waals surface area contributed by atoms with Crippen molar-refractivity contribution in [1.82, 2.24) is 4.98 Å². The Labute approximate surface area is 125 Å². The molecule has 0 saturated carbocycles. The molecule has 0 N–H and O–H groups in total. The summed E-state index contributed by atoms with van der Waals surface area (Å²) in [5.41, 5.74) is 1.32. The first-order valence-corrected chi connectivity index (χ1v) is 7.35. The second kappa shape index (κ2) is 5.69. The molecule has 0 unspecified atom stereocenters. The van der Waals surface area contributed by atoms with Gasteiger partial charge in [-0.1, -0.05) is 41.6 Å². The average Bonchev–Trinajstić information content (AvgIpc) is 2.90. The molecule has 0 aliphatic rings. The van der Waals surface area contributed by atoms with Crippen molar-refractivity contribution in [2.24, 2.45) is 0 Å². The molecule has 3 aromatic rings. The number of ketones is 1. The minimum Gasteiger partial charge on any atom is -0.464 e. The Morgan fingerprint density at radius 3 is 2.95 bits per heavy atom. The lowest BCUT2D eigenvalue weighted by atomic mass is 10.1. The van der Waals surface area contributed by atoms with Crippen molar-refractivity contribution in [1.29, 1.82) is 0 Å². The molecule has 0 saturated heterocycles. The second-order valence-electron chi connectivity index (χ2n) is 4.15. The lowest BCUT2D eigenvalue weighted by Gasteiger charge is -2.01. The highest BCUT2D eigenvalue weighted by molar-refractivity contribution is 8.00. The maximum atomic E-state index is 12.3. The van der Waals surface area contributed by atoms with Crippen molar-refractivity contribution >= 4 is 40.1 Å². The molecule has 2 aromatic heterocycles. The number of pyridine rings is 1. The molecule has 5 heteroatoms. The van der Waals surface area contributed by atoms with Crippen molar-refractivity contribution in [3.8, 4) is 0 Å². The fraction of sp³-hybridized carbons (Fsp3) is 0.0667. The minimum absolute atomic E-state index is 0.00155. The van der Waals surface area contributed by atoms with E-state index >= 15 is 0 Å². The van der Waals surface area contributed by atoms with Crippen LogP contribution in [0.5, 0.6) is 0 Å². The number of carbonyl (C=O) groups is 1. The van der Waals surface area contributed by atoms with Crippen LogP contribution in [0, 0.1) is 0 Å². The van der Waals surface area contributed by atoms with Gasteiger partial charge in [-0.2, -0.15) is 0 Å². The summed E-state index contributed by atoms with van der Waals surface area (Å²) >= 11 is 7.34. The molecular weight excluding hydrogens is 294 g/mol. The first-order chi connectivity index (χ1) is 9.75. The van der Waals surface area contributed by atoms with E-state index in [0.29, 0.717) is 15.6 Å². The number of Topliss-reactive ketones (excluding diaryl/α,β-unsaturated/α-hetero) is 1. The van der Waals surface area contributed by atoms with Crippen molar-refractivity contribution in [2.75, 3.05) is 5.75 Å². The molecule has 100 valence electrons. The molecule has 0 spiro atoms. The fourth-order valence-electron chi connectivity index (χ4n) is 1.88. The Morgan fingerprint density at radius 2 is 2.10 bits per heavy atom. The first kappa shape index (κ1) is 13.2. The lowest BCUT2D eigenvalue weighted by molar-refractivity contribution is 0.102. The van der Waals surface area contributed by atoms with Crippen LogP contribution in [0.1, 0.15) is 10.4 Å². The number of benzene rings is 1. The molecule has 0 fully saturated rings. The van der Waals surface area contributed by atoms with Gasteiger partial charge in [-0.15, -0.1) is 0 Å². The van der Waals surface area contributed by atoms with Gasteiger partial charge in [-0.3, -0.25) is 4.79 Å². The van der Waals surface area contributed by atoms with E-state index in [1.54, 1.807) is 18.3 Å². The highest BCUT2D eigenvalue weighted by Gasteiger charge is 2.14. The number of thioether (sulfide) groups is 1. The van der Waals surface area contributed by atoms with Gasteiger partial charge in [0.1, 0.15) is 16.9 Å². The molecule has 0 aliphatic carbocycles. The van der Waals surface area contributed by atoms with Gasteiger partial charge in [0.05, 0.1) is 16.3 Å². The van der Waals surface area contributed by atoms with Gasteiger partial charge in [0.2, 0.25) is 0 Å². The summed E-state index contributed by atoms with van der Waals surface area (Å²) in [6, 6.07) is 11.0. The third-order valence-corrected chi connectivity index (χ3v) is 4.27. The van der Waals surface area contributed by atoms with E-state index < -0.39 is 0 Å². The van der Waals surface area contributed by atoms with Gasteiger partial charge in [0, 0.05) is 11.6 Å². The Kier molecular flexibility index (Phi) is 3.76. The predicted molar refractivity (Wildman–Crippen MR) is 80.5 cm³/mol. The summed E-state index contributed by atoms with van der Waals surface area (Å²) in [6.45, 7) is 0. The highest BCUT2D eigenvalue weighted by Crippen LogP contribution is 2.27. The number of aromatic nitrogens is 1. The molecule has 0 amide bonds. The smallest absolute Gasteiger partial charge is 0.176 e. The molecular formula is C15H10ClNO2S. The molecule has 0 radical (unpaired) electrons. The third-order valence-electron chi connectivity index (χ3n) is 2.85. The molecule has 3 nitrogen and oxygen atoms in total. The normalized spacial score (nSPS) is 10.8. The molecule has 20 heavy (non-hydrogen) atoms. The minimum atomic E-state index is 0.00155. The third kappa shape index (κ3) is 2.57. The van der Waals surface area contributed by atoms with E-state index in [9.17, 15) is 4.79 Å². The van der Waals surface area contributed by atoms with Crippen LogP contribution in [-0.2, 0) is 0 Å². The van der Waals surface area contributed by atoms with Crippen LogP contribution >= 0.6 is 23.4 Å². The summed E-state index contributed by atoms with van der Waals surface area (Å²) in [5, 5.41) is 2.06. The van der Waals surface area contributed by atoms with Crippen molar-refractivity contribution < 1.29 is 9.21 Å². The monoisotopic (exact) mass is 303 g/mol. The van der Waals surface area contributed by atoms with Gasteiger partial charge in [-0.25, -0.2) is 4.98 Å². The number of hydrogen-bond donors (Lipinski definition) is 0. The van der Waals surface area contributed by atoms with Crippen LogP contribution in [-0.4, -0.2) is 16.5 Å². The average molecular weight is 304 g/mol. The van der Waals surface area contributed by atoms with Crippen LogP contribution in [0.2, 0.25) is 5.02 Å². The van der Waals surface area contributed by atoms with Gasteiger partial charge in [-0.05, 0) is 18.2 Å². The highest BCUT2D eigenvalue weighted by atomic mass is 35.5. The molecule has 0 aliphatic heterocycles. The largest absolute Gasteiger partial charge is 0.464 e. The van der Waals surface area contributed by atoms with Gasteiger partial charge in [0.15, 0.2) is 5.78 Å². The van der Waals surface area contributed by atoms with Crippen LogP contribution in [0.4, 0.5) is 0 Å². The Morgan fingerprint density at radius 1 is 1.25 bits per heavy atom. The quantitative estimate of drug-likeness (QED) is 0.527. The number of halogens is 1. The zero-order valence-electron chi connectivity index (χ0n) is 10.4. The fourth-order valence-corrected chi connectivity index (χ4v) is 2.93. The number of fused-ring (bicyclic) bond motifs is 1. The number of carbonyl (C=O) groups excluding carboxylic acids is 1. The van der Waals surface area contributed by atoms with E-state index in [2.05, 4.69) is 4.98 Å². The van der Waals surface area contributed by atoms with Gasteiger partial charge in [0.25, 0.3) is 0 Å². The standard InChI is InChI=1S/C15H10ClNO2S/c16-12-5-3-7-17-15(12)20-9-13(18)11-8-19-14-6-2-1-4-10(11)14/h1-8H,9H2. The Balaban J connectivity index is 1.79. The summed E-state index contributed by atoms with van der Waals surface area (Å²) < 4.78 is 5.37. The van der Waals surface area contributed by atoms with E-state index in [4.69, 9.17) is 16.0 Å². The molecule has 3 rings (SSSR count). The topological polar surface area (TPSA) is 43.1 Å². The van der Waals surface area contributed by atoms with Crippen LogP contribution in [0.25, 0.3) is 11.0 Å². The molecule has 0 bridgehead atoms. The molecule has 1 aromatic carbocycles. The Bertz CT molecular complexity index is 769. The zero-order valence-corrected chi connectivity index (χ0v) is 11.9. The second-order valence-corrected chi connectivity index (χ2v) is 5.52. The molecule has 2 heterocycles. The number of nitrogens with zero attached hydrogens (tertiary/aromatic N) is 1. The van der Waals surface area contributed by atoms with Crippen LogP contribution in [0.3, 0.4) is 0 Å². The van der Waals surface area contributed by atoms with E-state index in [1.165, 1.54) is 18.0 Å². The van der Waals surface area contributed by atoms with Crippen molar-refractivity contribution in [2.45, 2.75) is 5.03 Å². The SMILES string of the molecule is O=C(CSc1ncccc1Cl)c1coc2ccccc12. The van der Waals surface area contributed by atoms with E-state index in [1.807, 2.05) is 24.3 Å². The molecule has 0 atom stereocenters. The zero-order chi connectivity index (χ0) is 13.9. The maximum Gasteiger partial charge on any atom is 0.176 e. The van der Waals surface area contributed by atoms with Crippen LogP contribution in [0.15, 0.2) is 58.3 Å².